The molecule has 0 heterocycles. The molecule has 0 fully saturated rings. The highest BCUT2D eigenvalue weighted by atomic mass is 32.2. The van der Waals surface area contributed by atoms with Gasteiger partial charge in [-0.15, -0.1) is 0 Å². The highest BCUT2D eigenvalue weighted by Crippen LogP contribution is 2.20. The first-order chi connectivity index (χ1) is 8.95. The number of hydrogen-bond donors (Lipinski definition) is 4. The van der Waals surface area contributed by atoms with Crippen LogP contribution in [0.3, 0.4) is 0 Å². The van der Waals surface area contributed by atoms with Crippen LogP contribution in [0, 0.1) is 0 Å². The summed E-state index contributed by atoms with van der Waals surface area (Å²) < 4.78 is 29.4. The van der Waals surface area contributed by atoms with Crippen molar-refractivity contribution in [3.05, 3.63) is 54.6 Å². The van der Waals surface area contributed by atoms with Gasteiger partial charge in [-0.3, -0.25) is 10.4 Å². The SMILES string of the molecule is NNc1ccccc1.O=S(=O)(O)c1ccccc1O. The lowest BCUT2D eigenvalue weighted by molar-refractivity contribution is 0.443. The normalized spacial score (nSPS) is 10.2. The molecule has 0 saturated carbocycles. The maximum atomic E-state index is 10.4. The Hall–Kier alpha value is -2.09. The topological polar surface area (TPSA) is 113 Å². The largest absolute Gasteiger partial charge is 0.506 e. The first kappa shape index (κ1) is 15.0. The number of benzene rings is 2. The predicted octanol–water partition coefficient (Wildman–Crippen LogP) is 1.61. The summed E-state index contributed by atoms with van der Waals surface area (Å²) in [6, 6.07) is 14.8. The van der Waals surface area contributed by atoms with Crippen LogP contribution in [0.1, 0.15) is 0 Å². The maximum absolute atomic E-state index is 10.4. The van der Waals surface area contributed by atoms with Crippen molar-refractivity contribution < 1.29 is 18.1 Å². The van der Waals surface area contributed by atoms with Crippen LogP contribution < -0.4 is 11.3 Å². The molecule has 7 heteroatoms. The van der Waals surface area contributed by atoms with Gasteiger partial charge < -0.3 is 10.5 Å². The minimum absolute atomic E-state index is 0.449. The summed E-state index contributed by atoms with van der Waals surface area (Å²) in [6.45, 7) is 0. The molecule has 2 aromatic rings. The standard InChI is InChI=1S/C6H8N2.C6H6O4S/c7-8-6-4-2-1-3-5-6;7-5-3-1-2-4-6(5)11(8,9)10/h1-5,8H,7H2;1-4,7H,(H,8,9,10). The van der Waals surface area contributed by atoms with Crippen molar-refractivity contribution in [3.8, 4) is 5.75 Å². The highest BCUT2D eigenvalue weighted by molar-refractivity contribution is 7.86. The Morgan fingerprint density at radius 3 is 1.84 bits per heavy atom. The molecule has 102 valence electrons. The van der Waals surface area contributed by atoms with Crippen LogP contribution >= 0.6 is 0 Å². The number of nitrogens with two attached hydrogens (primary N) is 1. The maximum Gasteiger partial charge on any atom is 0.298 e. The highest BCUT2D eigenvalue weighted by Gasteiger charge is 2.12. The number of rotatable bonds is 2. The van der Waals surface area contributed by atoms with E-state index in [4.69, 9.17) is 15.5 Å². The lowest BCUT2D eigenvalue weighted by atomic mass is 10.3. The van der Waals surface area contributed by atoms with Gasteiger partial charge in [0.15, 0.2) is 0 Å². The number of aromatic hydroxyl groups is 1. The van der Waals surface area contributed by atoms with Crippen LogP contribution in [0.2, 0.25) is 0 Å². The van der Waals surface area contributed by atoms with Gasteiger partial charge in [0, 0.05) is 5.69 Å². The number of nitrogens with one attached hydrogen (secondary N) is 1. The number of hydrogen-bond acceptors (Lipinski definition) is 5. The van der Waals surface area contributed by atoms with Crippen LogP contribution in [0.25, 0.3) is 0 Å². The minimum atomic E-state index is -4.28. The quantitative estimate of drug-likeness (QED) is 0.378. The van der Waals surface area contributed by atoms with E-state index in [1.807, 2.05) is 30.3 Å². The molecular weight excluding hydrogens is 268 g/mol. The molecule has 5 N–H and O–H groups in total. The summed E-state index contributed by atoms with van der Waals surface area (Å²) in [5.41, 5.74) is 3.46. The molecule has 0 spiro atoms. The Balaban J connectivity index is 0.000000200. The summed E-state index contributed by atoms with van der Waals surface area (Å²) in [6.07, 6.45) is 0. The van der Waals surface area contributed by atoms with Crippen molar-refractivity contribution in [3.63, 3.8) is 0 Å². The molecular formula is C12H14N2O4S. The van der Waals surface area contributed by atoms with Gasteiger partial charge in [0.25, 0.3) is 10.1 Å². The Labute approximate surface area is 111 Å². The van der Waals surface area contributed by atoms with Gasteiger partial charge in [-0.05, 0) is 24.3 Å². The van der Waals surface area contributed by atoms with E-state index in [0.29, 0.717) is 0 Å². The molecule has 0 atom stereocenters. The van der Waals surface area contributed by atoms with E-state index in [2.05, 4.69) is 5.43 Å². The second-order valence-electron chi connectivity index (χ2n) is 3.45. The van der Waals surface area contributed by atoms with Crippen molar-refractivity contribution in [1.29, 1.82) is 0 Å². The molecule has 0 bridgehead atoms. The first-order valence-electron chi connectivity index (χ1n) is 5.22. The van der Waals surface area contributed by atoms with Crippen LogP contribution in [-0.4, -0.2) is 18.1 Å². The fraction of sp³-hybridized carbons (Fsp3) is 0. The molecule has 0 radical (unpaired) electrons. The third-order valence-corrected chi connectivity index (χ3v) is 2.98. The van der Waals surface area contributed by atoms with Crippen molar-refractivity contribution in [2.45, 2.75) is 4.90 Å². The molecule has 19 heavy (non-hydrogen) atoms. The third-order valence-electron chi connectivity index (χ3n) is 2.08. The van der Waals surface area contributed by atoms with E-state index in [1.54, 1.807) is 0 Å². The second-order valence-corrected chi connectivity index (χ2v) is 4.84. The summed E-state index contributed by atoms with van der Waals surface area (Å²) >= 11 is 0. The predicted molar refractivity (Wildman–Crippen MR) is 72.2 cm³/mol. The summed E-state index contributed by atoms with van der Waals surface area (Å²) in [5, 5.41) is 8.91. The van der Waals surface area contributed by atoms with Crippen LogP contribution in [0.4, 0.5) is 5.69 Å². The summed E-state index contributed by atoms with van der Waals surface area (Å²) in [4.78, 5) is -0.472. The zero-order valence-electron chi connectivity index (χ0n) is 9.89. The molecule has 2 rings (SSSR count). The fourth-order valence-electron chi connectivity index (χ4n) is 1.21. The number of phenolic OH excluding ortho intramolecular Hbond substituents is 1. The van der Waals surface area contributed by atoms with Crippen LogP contribution in [0.5, 0.6) is 5.75 Å². The average molecular weight is 282 g/mol. The molecule has 2 aromatic carbocycles. The smallest absolute Gasteiger partial charge is 0.298 e. The monoisotopic (exact) mass is 282 g/mol. The molecule has 6 nitrogen and oxygen atoms in total. The van der Waals surface area contributed by atoms with Gasteiger partial charge in [-0.2, -0.15) is 8.42 Å². The molecule has 0 aliphatic rings. The van der Waals surface area contributed by atoms with Crippen LogP contribution in [-0.2, 0) is 10.1 Å². The first-order valence-corrected chi connectivity index (χ1v) is 6.66. The molecule has 0 amide bonds. The van der Waals surface area contributed by atoms with Gasteiger partial charge in [0.1, 0.15) is 10.6 Å². The Morgan fingerprint density at radius 1 is 0.947 bits per heavy atom. The van der Waals surface area contributed by atoms with Crippen molar-refractivity contribution in [1.82, 2.24) is 0 Å². The van der Waals surface area contributed by atoms with Gasteiger partial charge in [0.05, 0.1) is 0 Å². The molecule has 0 aromatic heterocycles. The van der Waals surface area contributed by atoms with E-state index in [0.717, 1.165) is 11.8 Å². The Kier molecular flexibility index (Phi) is 5.31. The Morgan fingerprint density at radius 2 is 1.47 bits per heavy atom. The van der Waals surface area contributed by atoms with E-state index in [9.17, 15) is 8.42 Å². The van der Waals surface area contributed by atoms with Gasteiger partial charge in [0.2, 0.25) is 0 Å². The average Bonchev–Trinajstić information content (AvgIpc) is 2.39. The van der Waals surface area contributed by atoms with Gasteiger partial charge in [-0.25, -0.2) is 0 Å². The second kappa shape index (κ2) is 6.74. The molecule has 0 aliphatic heterocycles. The summed E-state index contributed by atoms with van der Waals surface area (Å²) in [5.74, 6) is 4.65. The lowest BCUT2D eigenvalue weighted by Gasteiger charge is -1.97. The zero-order valence-corrected chi connectivity index (χ0v) is 10.7. The molecule has 0 unspecified atom stereocenters. The molecule has 0 saturated heterocycles. The fourth-order valence-corrected chi connectivity index (χ4v) is 1.79. The summed E-state index contributed by atoms with van der Waals surface area (Å²) in [7, 11) is -4.28. The van der Waals surface area contributed by atoms with Gasteiger partial charge in [-0.1, -0.05) is 30.3 Å². The van der Waals surface area contributed by atoms with E-state index < -0.39 is 20.8 Å². The van der Waals surface area contributed by atoms with Crippen molar-refractivity contribution in [2.24, 2.45) is 5.84 Å². The number of hydrazine groups is 1. The van der Waals surface area contributed by atoms with E-state index in [-0.39, 0.29) is 0 Å². The Bertz CT molecular complexity index is 615. The van der Waals surface area contributed by atoms with Crippen LogP contribution in [0.15, 0.2) is 59.5 Å². The number of phenols is 1. The van der Waals surface area contributed by atoms with Crippen molar-refractivity contribution in [2.75, 3.05) is 5.43 Å². The molecule has 0 aliphatic carbocycles. The lowest BCUT2D eigenvalue weighted by Crippen LogP contribution is -2.05. The number of anilines is 1. The third kappa shape index (κ3) is 4.96. The number of para-hydroxylation sites is 2. The zero-order chi connectivity index (χ0) is 14.3. The van der Waals surface area contributed by atoms with Gasteiger partial charge >= 0.3 is 0 Å². The van der Waals surface area contributed by atoms with E-state index in [1.165, 1.54) is 18.2 Å². The minimum Gasteiger partial charge on any atom is -0.506 e. The van der Waals surface area contributed by atoms with E-state index >= 15 is 0 Å². The number of nitrogen functional groups attached to an aromatic ring is 1. The van der Waals surface area contributed by atoms with Crippen molar-refractivity contribution >= 4 is 15.8 Å².